The Hall–Kier alpha value is -3.85. The predicted octanol–water partition coefficient (Wildman–Crippen LogP) is 2.05. The van der Waals surface area contributed by atoms with Gasteiger partial charge in [0.25, 0.3) is 17.6 Å². The van der Waals surface area contributed by atoms with E-state index in [9.17, 15) is 19.2 Å². The van der Waals surface area contributed by atoms with Gasteiger partial charge in [0.05, 0.1) is 29.4 Å². The van der Waals surface area contributed by atoms with E-state index in [0.717, 1.165) is 0 Å². The van der Waals surface area contributed by atoms with Gasteiger partial charge >= 0.3 is 5.97 Å². The van der Waals surface area contributed by atoms with Crippen molar-refractivity contribution in [2.75, 3.05) is 6.61 Å². The van der Waals surface area contributed by atoms with Crippen LogP contribution in [-0.2, 0) is 28.0 Å². The normalized spacial score (nSPS) is 13.1. The summed E-state index contributed by atoms with van der Waals surface area (Å²) in [4.78, 5) is 55.3. The van der Waals surface area contributed by atoms with E-state index in [2.05, 4.69) is 5.10 Å². The highest BCUT2D eigenvalue weighted by Gasteiger charge is 2.37. The summed E-state index contributed by atoms with van der Waals surface area (Å²) >= 11 is 0. The van der Waals surface area contributed by atoms with Crippen LogP contribution < -0.4 is 0 Å². The minimum absolute atomic E-state index is 0.0550. The van der Waals surface area contributed by atoms with E-state index < -0.39 is 23.6 Å². The van der Waals surface area contributed by atoms with Crippen LogP contribution in [0.3, 0.4) is 0 Å². The van der Waals surface area contributed by atoms with Gasteiger partial charge in [-0.25, -0.2) is 4.79 Å². The van der Waals surface area contributed by atoms with E-state index in [1.165, 1.54) is 22.9 Å². The standard InChI is InChI=1S/C21H17N3O6/c1-3-29-21(28)18(25)13-9-8-12-10-22-23(2)17(12)16(13)11-30-24-19(26)14-6-4-5-7-15(14)20(24)27/h4-10H,3,11H2,1-2H3. The molecule has 0 N–H and O–H groups in total. The van der Waals surface area contributed by atoms with E-state index in [-0.39, 0.29) is 29.9 Å². The molecule has 0 spiro atoms. The number of hydrogen-bond donors (Lipinski definition) is 0. The lowest BCUT2D eigenvalue weighted by atomic mass is 10.0. The number of aromatic nitrogens is 2. The van der Waals surface area contributed by atoms with Gasteiger partial charge in [-0.05, 0) is 25.1 Å². The second-order valence-corrected chi connectivity index (χ2v) is 6.57. The van der Waals surface area contributed by atoms with Crippen LogP contribution >= 0.6 is 0 Å². The minimum atomic E-state index is -0.999. The first-order valence-corrected chi connectivity index (χ1v) is 9.19. The molecule has 3 aromatic rings. The topological polar surface area (TPSA) is 108 Å². The highest BCUT2D eigenvalue weighted by Crippen LogP contribution is 2.27. The molecule has 1 aliphatic rings. The number of carbonyl (C=O) groups is 4. The van der Waals surface area contributed by atoms with Gasteiger partial charge < -0.3 is 4.74 Å². The van der Waals surface area contributed by atoms with Crippen LogP contribution in [0.2, 0.25) is 0 Å². The fraction of sp³-hybridized carbons (Fsp3) is 0.190. The number of nitrogens with zero attached hydrogens (tertiary/aromatic N) is 3. The lowest BCUT2D eigenvalue weighted by Crippen LogP contribution is -2.30. The van der Waals surface area contributed by atoms with Crippen LogP contribution in [0.25, 0.3) is 10.9 Å². The van der Waals surface area contributed by atoms with Gasteiger partial charge in [-0.2, -0.15) is 5.10 Å². The third-order valence-electron chi connectivity index (χ3n) is 4.81. The summed E-state index contributed by atoms with van der Waals surface area (Å²) in [5.41, 5.74) is 1.40. The monoisotopic (exact) mass is 407 g/mol. The van der Waals surface area contributed by atoms with Gasteiger partial charge in [-0.15, -0.1) is 5.06 Å². The Morgan fingerprint density at radius 1 is 1.03 bits per heavy atom. The number of hydroxylamine groups is 2. The Morgan fingerprint density at radius 3 is 2.33 bits per heavy atom. The van der Waals surface area contributed by atoms with Crippen LogP contribution in [0, 0.1) is 0 Å². The van der Waals surface area contributed by atoms with Crippen molar-refractivity contribution in [1.82, 2.24) is 14.8 Å². The second-order valence-electron chi connectivity index (χ2n) is 6.57. The molecule has 0 saturated heterocycles. The van der Waals surface area contributed by atoms with E-state index in [1.54, 1.807) is 38.4 Å². The molecule has 0 fully saturated rings. The maximum absolute atomic E-state index is 12.6. The summed E-state index contributed by atoms with van der Waals surface area (Å²) in [5.74, 6) is -3.03. The maximum Gasteiger partial charge on any atom is 0.379 e. The summed E-state index contributed by atoms with van der Waals surface area (Å²) in [7, 11) is 1.67. The molecule has 0 unspecified atom stereocenters. The Kier molecular flexibility index (Phi) is 4.88. The highest BCUT2D eigenvalue weighted by atomic mass is 16.7. The number of aryl methyl sites for hydroxylation is 1. The summed E-state index contributed by atoms with van der Waals surface area (Å²) < 4.78 is 6.35. The number of benzene rings is 2. The molecule has 1 aromatic heterocycles. The zero-order valence-electron chi connectivity index (χ0n) is 16.2. The van der Waals surface area contributed by atoms with Crippen LogP contribution in [0.1, 0.15) is 43.6 Å². The van der Waals surface area contributed by atoms with Gasteiger partial charge in [-0.3, -0.25) is 23.9 Å². The zero-order chi connectivity index (χ0) is 21.4. The fourth-order valence-corrected chi connectivity index (χ4v) is 3.43. The molecule has 1 aliphatic heterocycles. The Balaban J connectivity index is 1.70. The first-order chi connectivity index (χ1) is 14.4. The molecule has 30 heavy (non-hydrogen) atoms. The molecule has 9 nitrogen and oxygen atoms in total. The van der Waals surface area contributed by atoms with Crippen LogP contribution in [0.5, 0.6) is 0 Å². The molecule has 2 amide bonds. The first kappa shape index (κ1) is 19.5. The molecule has 2 aromatic carbocycles. The Morgan fingerprint density at radius 2 is 1.70 bits per heavy atom. The lowest BCUT2D eigenvalue weighted by molar-refractivity contribution is -0.137. The molecule has 0 bridgehead atoms. The van der Waals surface area contributed by atoms with Crippen molar-refractivity contribution in [3.63, 3.8) is 0 Å². The minimum Gasteiger partial charge on any atom is -0.460 e. The van der Waals surface area contributed by atoms with Gasteiger partial charge in [0, 0.05) is 23.6 Å². The molecule has 4 rings (SSSR count). The highest BCUT2D eigenvalue weighted by molar-refractivity contribution is 6.41. The molecule has 0 atom stereocenters. The number of esters is 1. The number of fused-ring (bicyclic) bond motifs is 2. The fourth-order valence-electron chi connectivity index (χ4n) is 3.43. The van der Waals surface area contributed by atoms with E-state index >= 15 is 0 Å². The lowest BCUT2D eigenvalue weighted by Gasteiger charge is -2.16. The average Bonchev–Trinajstić information content (AvgIpc) is 3.24. The van der Waals surface area contributed by atoms with Crippen molar-refractivity contribution in [2.24, 2.45) is 7.05 Å². The average molecular weight is 407 g/mol. The number of ether oxygens (including phenoxy) is 1. The number of rotatable bonds is 6. The molecule has 0 saturated carbocycles. The number of imide groups is 1. The summed E-state index contributed by atoms with van der Waals surface area (Å²) in [5, 5.41) is 5.54. The first-order valence-electron chi connectivity index (χ1n) is 9.19. The second kappa shape index (κ2) is 7.53. The van der Waals surface area contributed by atoms with Crippen LogP contribution in [-0.4, -0.2) is 45.0 Å². The number of hydrogen-bond acceptors (Lipinski definition) is 7. The maximum atomic E-state index is 12.6. The van der Waals surface area contributed by atoms with Gasteiger partial charge in [0.15, 0.2) is 0 Å². The van der Waals surface area contributed by atoms with Gasteiger partial charge in [-0.1, -0.05) is 18.2 Å². The van der Waals surface area contributed by atoms with Crippen molar-refractivity contribution >= 4 is 34.5 Å². The predicted molar refractivity (Wildman–Crippen MR) is 103 cm³/mol. The number of amides is 2. The van der Waals surface area contributed by atoms with E-state index in [0.29, 0.717) is 21.5 Å². The van der Waals surface area contributed by atoms with E-state index in [1.807, 2.05) is 0 Å². The molecular formula is C21H17N3O6. The number of Topliss-reactive ketones (excluding diaryl/α,β-unsaturated/α-hetero) is 1. The number of ketones is 1. The van der Waals surface area contributed by atoms with Crippen molar-refractivity contribution in [3.8, 4) is 0 Å². The van der Waals surface area contributed by atoms with Crippen molar-refractivity contribution < 1.29 is 28.8 Å². The van der Waals surface area contributed by atoms with Crippen molar-refractivity contribution in [1.29, 1.82) is 0 Å². The SMILES string of the molecule is CCOC(=O)C(=O)c1ccc2cnn(C)c2c1CON1C(=O)c2ccccc2C1=O. The molecule has 0 aliphatic carbocycles. The third kappa shape index (κ3) is 3.05. The summed E-state index contributed by atoms with van der Waals surface area (Å²) in [6.07, 6.45) is 1.60. The largest absolute Gasteiger partial charge is 0.460 e. The van der Waals surface area contributed by atoms with Crippen molar-refractivity contribution in [3.05, 3.63) is 64.8 Å². The summed E-state index contributed by atoms with van der Waals surface area (Å²) in [6, 6.07) is 9.51. The molecule has 0 radical (unpaired) electrons. The third-order valence-corrected chi connectivity index (χ3v) is 4.81. The number of carbonyl (C=O) groups excluding carboxylic acids is 4. The smallest absolute Gasteiger partial charge is 0.379 e. The Labute approximate surface area is 170 Å². The van der Waals surface area contributed by atoms with Crippen LogP contribution in [0.4, 0.5) is 0 Å². The van der Waals surface area contributed by atoms with Crippen molar-refractivity contribution in [2.45, 2.75) is 13.5 Å². The zero-order valence-corrected chi connectivity index (χ0v) is 16.2. The van der Waals surface area contributed by atoms with Gasteiger partial charge in [0.2, 0.25) is 0 Å². The summed E-state index contributed by atoms with van der Waals surface area (Å²) in [6.45, 7) is 1.35. The molecule has 152 valence electrons. The molecular weight excluding hydrogens is 390 g/mol. The van der Waals surface area contributed by atoms with E-state index in [4.69, 9.17) is 9.57 Å². The Bertz CT molecular complexity index is 1180. The van der Waals surface area contributed by atoms with Gasteiger partial charge in [0.1, 0.15) is 6.61 Å². The van der Waals surface area contributed by atoms with Crippen LogP contribution in [0.15, 0.2) is 42.6 Å². The molecule has 9 heteroatoms. The quantitative estimate of drug-likeness (QED) is 0.266. The molecule has 2 heterocycles.